The number of nitrogen functional groups attached to an aromatic ring is 1. The van der Waals surface area contributed by atoms with E-state index in [0.29, 0.717) is 11.6 Å². The van der Waals surface area contributed by atoms with Crippen LogP contribution < -0.4 is 5.73 Å². The zero-order valence-corrected chi connectivity index (χ0v) is 10.7. The number of aliphatic hydroxyl groups is 1. The van der Waals surface area contributed by atoms with Crippen LogP contribution >= 0.6 is 27.7 Å². The number of thioether (sulfide) groups is 1. The normalized spacial score (nSPS) is 22.9. The fraction of sp³-hybridized carbons (Fsp3) is 0.455. The SMILES string of the molecule is Nc1c(Br)cccc1C(O)C1CCSC1. The van der Waals surface area contributed by atoms with Gasteiger partial charge in [0.05, 0.1) is 11.8 Å². The van der Waals surface area contributed by atoms with Crippen LogP contribution in [0.25, 0.3) is 0 Å². The van der Waals surface area contributed by atoms with Gasteiger partial charge in [-0.15, -0.1) is 0 Å². The van der Waals surface area contributed by atoms with E-state index in [1.807, 2.05) is 30.0 Å². The fourth-order valence-electron chi connectivity index (χ4n) is 1.87. The van der Waals surface area contributed by atoms with Gasteiger partial charge in [-0.25, -0.2) is 0 Å². The molecule has 1 aromatic carbocycles. The van der Waals surface area contributed by atoms with Crippen molar-refractivity contribution in [1.29, 1.82) is 0 Å². The Balaban J connectivity index is 2.24. The lowest BCUT2D eigenvalue weighted by molar-refractivity contribution is 0.122. The molecule has 0 amide bonds. The van der Waals surface area contributed by atoms with E-state index >= 15 is 0 Å². The molecule has 4 heteroatoms. The lowest BCUT2D eigenvalue weighted by Gasteiger charge is -2.19. The summed E-state index contributed by atoms with van der Waals surface area (Å²) in [5.41, 5.74) is 7.46. The van der Waals surface area contributed by atoms with Gasteiger partial charge in [0.15, 0.2) is 0 Å². The van der Waals surface area contributed by atoms with Crippen molar-refractivity contribution in [3.05, 3.63) is 28.2 Å². The second kappa shape index (κ2) is 4.76. The van der Waals surface area contributed by atoms with Crippen LogP contribution in [0.5, 0.6) is 0 Å². The number of rotatable bonds is 2. The lowest BCUT2D eigenvalue weighted by atomic mass is 9.94. The average Bonchev–Trinajstić information content (AvgIpc) is 2.74. The molecule has 1 saturated heterocycles. The molecule has 1 aromatic rings. The zero-order chi connectivity index (χ0) is 10.8. The second-order valence-corrected chi connectivity index (χ2v) is 5.82. The highest BCUT2D eigenvalue weighted by Crippen LogP contribution is 2.37. The van der Waals surface area contributed by atoms with Crippen molar-refractivity contribution in [1.82, 2.24) is 0 Å². The summed E-state index contributed by atoms with van der Waals surface area (Å²) in [4.78, 5) is 0. The fourth-order valence-corrected chi connectivity index (χ4v) is 3.54. The van der Waals surface area contributed by atoms with Gasteiger partial charge in [0.1, 0.15) is 0 Å². The smallest absolute Gasteiger partial charge is 0.0846 e. The Morgan fingerprint density at radius 3 is 3.00 bits per heavy atom. The molecule has 1 aliphatic heterocycles. The molecule has 2 unspecified atom stereocenters. The Morgan fingerprint density at radius 1 is 1.53 bits per heavy atom. The maximum Gasteiger partial charge on any atom is 0.0846 e. The van der Waals surface area contributed by atoms with Crippen LogP contribution in [-0.2, 0) is 0 Å². The number of benzene rings is 1. The first-order valence-electron chi connectivity index (χ1n) is 5.00. The highest BCUT2D eigenvalue weighted by molar-refractivity contribution is 9.10. The Kier molecular flexibility index (Phi) is 3.59. The number of anilines is 1. The van der Waals surface area contributed by atoms with E-state index in [2.05, 4.69) is 15.9 Å². The van der Waals surface area contributed by atoms with E-state index in [0.717, 1.165) is 28.0 Å². The van der Waals surface area contributed by atoms with Crippen LogP contribution in [0.2, 0.25) is 0 Å². The van der Waals surface area contributed by atoms with Gasteiger partial charge in [0.25, 0.3) is 0 Å². The molecule has 1 heterocycles. The minimum Gasteiger partial charge on any atom is -0.398 e. The molecule has 0 spiro atoms. The monoisotopic (exact) mass is 287 g/mol. The number of hydrogen-bond donors (Lipinski definition) is 2. The summed E-state index contributed by atoms with van der Waals surface area (Å²) in [6.45, 7) is 0. The summed E-state index contributed by atoms with van der Waals surface area (Å²) in [5, 5.41) is 10.2. The van der Waals surface area contributed by atoms with Gasteiger partial charge in [0.2, 0.25) is 0 Å². The van der Waals surface area contributed by atoms with E-state index in [1.165, 1.54) is 0 Å². The molecule has 0 bridgehead atoms. The van der Waals surface area contributed by atoms with Gasteiger partial charge >= 0.3 is 0 Å². The Hall–Kier alpha value is -0.190. The van der Waals surface area contributed by atoms with E-state index < -0.39 is 6.10 Å². The van der Waals surface area contributed by atoms with Crippen molar-refractivity contribution in [2.75, 3.05) is 17.2 Å². The quantitative estimate of drug-likeness (QED) is 0.823. The minimum absolute atomic E-state index is 0.353. The Labute approximate surface area is 102 Å². The van der Waals surface area contributed by atoms with Gasteiger partial charge in [-0.05, 0) is 45.8 Å². The second-order valence-electron chi connectivity index (χ2n) is 3.81. The van der Waals surface area contributed by atoms with Crippen LogP contribution in [0, 0.1) is 5.92 Å². The van der Waals surface area contributed by atoms with E-state index in [-0.39, 0.29) is 0 Å². The number of hydrogen-bond acceptors (Lipinski definition) is 3. The van der Waals surface area contributed by atoms with E-state index in [1.54, 1.807) is 0 Å². The predicted octanol–water partition coefficient (Wildman–Crippen LogP) is 2.82. The van der Waals surface area contributed by atoms with E-state index in [9.17, 15) is 5.11 Å². The molecule has 0 aliphatic carbocycles. The molecular weight excluding hydrogens is 274 g/mol. The highest BCUT2D eigenvalue weighted by atomic mass is 79.9. The van der Waals surface area contributed by atoms with Crippen LogP contribution in [-0.4, -0.2) is 16.6 Å². The van der Waals surface area contributed by atoms with Crippen molar-refractivity contribution in [2.45, 2.75) is 12.5 Å². The molecule has 0 saturated carbocycles. The first-order valence-corrected chi connectivity index (χ1v) is 6.94. The summed E-state index contributed by atoms with van der Waals surface area (Å²) in [5.74, 6) is 2.54. The van der Waals surface area contributed by atoms with Gasteiger partial charge < -0.3 is 10.8 Å². The van der Waals surface area contributed by atoms with Crippen LogP contribution in [0.1, 0.15) is 18.1 Å². The van der Waals surface area contributed by atoms with Crippen LogP contribution in [0.3, 0.4) is 0 Å². The summed E-state index contributed by atoms with van der Waals surface area (Å²) >= 11 is 5.28. The number of para-hydroxylation sites is 1. The summed E-state index contributed by atoms with van der Waals surface area (Å²) in [6, 6.07) is 5.73. The molecule has 0 radical (unpaired) electrons. The molecule has 0 aromatic heterocycles. The lowest BCUT2D eigenvalue weighted by Crippen LogP contribution is -2.13. The molecule has 82 valence electrons. The molecule has 3 N–H and O–H groups in total. The Bertz CT molecular complexity index is 352. The number of aliphatic hydroxyl groups excluding tert-OH is 1. The topological polar surface area (TPSA) is 46.2 Å². The zero-order valence-electron chi connectivity index (χ0n) is 8.32. The Morgan fingerprint density at radius 2 is 2.33 bits per heavy atom. The number of halogens is 1. The van der Waals surface area contributed by atoms with Gasteiger partial charge in [-0.3, -0.25) is 0 Å². The molecule has 15 heavy (non-hydrogen) atoms. The third-order valence-corrected chi connectivity index (χ3v) is 4.70. The maximum atomic E-state index is 10.2. The minimum atomic E-state index is -0.419. The third kappa shape index (κ3) is 2.32. The molecule has 2 atom stereocenters. The van der Waals surface area contributed by atoms with Crippen molar-refractivity contribution in [2.24, 2.45) is 5.92 Å². The van der Waals surface area contributed by atoms with Gasteiger partial charge in [0, 0.05) is 10.0 Å². The van der Waals surface area contributed by atoms with Crippen molar-refractivity contribution in [3.63, 3.8) is 0 Å². The van der Waals surface area contributed by atoms with Crippen molar-refractivity contribution < 1.29 is 5.11 Å². The first-order chi connectivity index (χ1) is 7.20. The van der Waals surface area contributed by atoms with Gasteiger partial charge in [-0.2, -0.15) is 11.8 Å². The molecule has 2 rings (SSSR count). The average molecular weight is 288 g/mol. The third-order valence-electron chi connectivity index (χ3n) is 2.82. The van der Waals surface area contributed by atoms with Crippen LogP contribution in [0.4, 0.5) is 5.69 Å². The standard InChI is InChI=1S/C11H14BrNOS/c12-9-3-1-2-8(10(9)13)11(14)7-4-5-15-6-7/h1-3,7,11,14H,4-6,13H2. The van der Waals surface area contributed by atoms with Crippen molar-refractivity contribution >= 4 is 33.4 Å². The maximum absolute atomic E-state index is 10.2. The largest absolute Gasteiger partial charge is 0.398 e. The van der Waals surface area contributed by atoms with Crippen LogP contribution in [0.15, 0.2) is 22.7 Å². The molecule has 2 nitrogen and oxygen atoms in total. The first kappa shape index (κ1) is 11.3. The molecule has 1 fully saturated rings. The summed E-state index contributed by atoms with van der Waals surface area (Å²) in [6.07, 6.45) is 0.662. The van der Waals surface area contributed by atoms with Crippen molar-refractivity contribution in [3.8, 4) is 0 Å². The molecular formula is C11H14BrNOS. The summed E-state index contributed by atoms with van der Waals surface area (Å²) < 4.78 is 0.865. The molecule has 1 aliphatic rings. The predicted molar refractivity (Wildman–Crippen MR) is 68.9 cm³/mol. The van der Waals surface area contributed by atoms with E-state index in [4.69, 9.17) is 5.73 Å². The number of nitrogens with two attached hydrogens (primary N) is 1. The van der Waals surface area contributed by atoms with Gasteiger partial charge in [-0.1, -0.05) is 12.1 Å². The highest BCUT2D eigenvalue weighted by Gasteiger charge is 2.26. The summed E-state index contributed by atoms with van der Waals surface area (Å²) in [7, 11) is 0.